The predicted molar refractivity (Wildman–Crippen MR) is 106 cm³/mol. The van der Waals surface area contributed by atoms with Crippen molar-refractivity contribution < 1.29 is 9.59 Å². The number of hydrogen-bond donors (Lipinski definition) is 1. The smallest absolute Gasteiger partial charge is 0.276 e. The lowest BCUT2D eigenvalue weighted by atomic mass is 10.2. The standard InChI is InChI=1S/C21H18ClN3O2/c1-25(17-6-3-2-4-7-17)21(27)19-9-5-8-18(24-19)20(26)23-14-15-10-12-16(22)13-11-15/h2-13H,14H2,1H3,(H,23,26). The molecule has 0 fully saturated rings. The Morgan fingerprint density at radius 1 is 0.926 bits per heavy atom. The second-order valence-electron chi connectivity index (χ2n) is 5.92. The molecule has 0 atom stereocenters. The summed E-state index contributed by atoms with van der Waals surface area (Å²) >= 11 is 5.85. The number of para-hydroxylation sites is 1. The van der Waals surface area contributed by atoms with E-state index in [1.165, 1.54) is 4.90 Å². The Hall–Kier alpha value is -3.18. The van der Waals surface area contributed by atoms with Gasteiger partial charge in [0, 0.05) is 24.3 Å². The third-order valence-corrected chi connectivity index (χ3v) is 4.27. The van der Waals surface area contributed by atoms with Crippen molar-refractivity contribution in [3.8, 4) is 0 Å². The Balaban J connectivity index is 1.70. The van der Waals surface area contributed by atoms with E-state index in [0.717, 1.165) is 11.3 Å². The van der Waals surface area contributed by atoms with Crippen LogP contribution in [0.5, 0.6) is 0 Å². The summed E-state index contributed by atoms with van der Waals surface area (Å²) in [6.07, 6.45) is 0. The van der Waals surface area contributed by atoms with Gasteiger partial charge in [0.1, 0.15) is 11.4 Å². The van der Waals surface area contributed by atoms with Crippen LogP contribution in [-0.4, -0.2) is 23.8 Å². The van der Waals surface area contributed by atoms with Gasteiger partial charge in [0.25, 0.3) is 11.8 Å². The fraction of sp³-hybridized carbons (Fsp3) is 0.0952. The molecule has 0 aliphatic rings. The van der Waals surface area contributed by atoms with Gasteiger partial charge in [0.05, 0.1) is 0 Å². The van der Waals surface area contributed by atoms with Crippen LogP contribution in [0, 0.1) is 0 Å². The van der Waals surface area contributed by atoms with Crippen LogP contribution >= 0.6 is 11.6 Å². The highest BCUT2D eigenvalue weighted by Gasteiger charge is 2.17. The van der Waals surface area contributed by atoms with Gasteiger partial charge in [-0.3, -0.25) is 9.59 Å². The number of halogens is 1. The molecule has 0 aliphatic carbocycles. The molecule has 0 unspecified atom stereocenters. The highest BCUT2D eigenvalue weighted by molar-refractivity contribution is 6.30. The van der Waals surface area contributed by atoms with Crippen LogP contribution in [0.25, 0.3) is 0 Å². The Morgan fingerprint density at radius 3 is 2.30 bits per heavy atom. The molecule has 2 amide bonds. The number of carbonyl (C=O) groups excluding carboxylic acids is 2. The molecule has 3 rings (SSSR count). The van der Waals surface area contributed by atoms with E-state index in [2.05, 4.69) is 10.3 Å². The molecule has 1 N–H and O–H groups in total. The fourth-order valence-electron chi connectivity index (χ4n) is 2.50. The maximum absolute atomic E-state index is 12.7. The van der Waals surface area contributed by atoms with Crippen LogP contribution in [0.4, 0.5) is 5.69 Å². The fourth-order valence-corrected chi connectivity index (χ4v) is 2.62. The number of carbonyl (C=O) groups is 2. The second kappa shape index (κ2) is 8.47. The first-order valence-corrected chi connectivity index (χ1v) is 8.75. The first-order chi connectivity index (χ1) is 13.0. The molecule has 2 aromatic carbocycles. The van der Waals surface area contributed by atoms with Crippen molar-refractivity contribution in [1.29, 1.82) is 0 Å². The number of nitrogens with one attached hydrogen (secondary N) is 1. The monoisotopic (exact) mass is 379 g/mol. The maximum atomic E-state index is 12.7. The Kier molecular flexibility index (Phi) is 5.84. The number of benzene rings is 2. The third kappa shape index (κ3) is 4.71. The zero-order valence-corrected chi connectivity index (χ0v) is 15.5. The molecule has 0 saturated heterocycles. The number of nitrogens with zero attached hydrogens (tertiary/aromatic N) is 2. The highest BCUT2D eigenvalue weighted by Crippen LogP contribution is 2.14. The first kappa shape index (κ1) is 18.6. The number of pyridine rings is 1. The summed E-state index contributed by atoms with van der Waals surface area (Å²) in [6, 6.07) is 21.3. The van der Waals surface area contributed by atoms with Crippen molar-refractivity contribution in [3.63, 3.8) is 0 Å². The molecule has 136 valence electrons. The average molecular weight is 380 g/mol. The molecule has 6 heteroatoms. The largest absolute Gasteiger partial charge is 0.347 e. The normalized spacial score (nSPS) is 10.3. The van der Waals surface area contributed by atoms with Crippen molar-refractivity contribution >= 4 is 29.1 Å². The lowest BCUT2D eigenvalue weighted by Crippen LogP contribution is -2.29. The average Bonchev–Trinajstić information content (AvgIpc) is 2.72. The summed E-state index contributed by atoms with van der Waals surface area (Å²) in [5.74, 6) is -0.629. The topological polar surface area (TPSA) is 62.3 Å². The van der Waals surface area contributed by atoms with Gasteiger partial charge in [-0.2, -0.15) is 0 Å². The first-order valence-electron chi connectivity index (χ1n) is 8.37. The van der Waals surface area contributed by atoms with Crippen LogP contribution in [0.1, 0.15) is 26.5 Å². The van der Waals surface area contributed by atoms with Crippen molar-refractivity contribution in [2.24, 2.45) is 0 Å². The SMILES string of the molecule is CN(C(=O)c1cccc(C(=O)NCc2ccc(Cl)cc2)n1)c1ccccc1. The molecule has 0 spiro atoms. The number of amides is 2. The molecule has 0 aliphatic heterocycles. The quantitative estimate of drug-likeness (QED) is 0.730. The predicted octanol–water partition coefficient (Wildman–Crippen LogP) is 3.94. The van der Waals surface area contributed by atoms with E-state index >= 15 is 0 Å². The van der Waals surface area contributed by atoms with E-state index in [1.807, 2.05) is 42.5 Å². The molecule has 5 nitrogen and oxygen atoms in total. The lowest BCUT2D eigenvalue weighted by Gasteiger charge is -2.17. The Labute approximate surface area is 162 Å². The summed E-state index contributed by atoms with van der Waals surface area (Å²) in [5, 5.41) is 3.43. The van der Waals surface area contributed by atoms with E-state index < -0.39 is 0 Å². The maximum Gasteiger partial charge on any atom is 0.276 e. The second-order valence-corrected chi connectivity index (χ2v) is 6.35. The van der Waals surface area contributed by atoms with Crippen molar-refractivity contribution in [2.75, 3.05) is 11.9 Å². The summed E-state index contributed by atoms with van der Waals surface area (Å²) in [7, 11) is 1.67. The minimum Gasteiger partial charge on any atom is -0.347 e. The molecular formula is C21H18ClN3O2. The van der Waals surface area contributed by atoms with Gasteiger partial charge in [-0.05, 0) is 42.0 Å². The van der Waals surface area contributed by atoms with Crippen molar-refractivity contribution in [3.05, 3.63) is 94.8 Å². The molecule has 27 heavy (non-hydrogen) atoms. The van der Waals surface area contributed by atoms with Gasteiger partial charge in [-0.1, -0.05) is 48.0 Å². The van der Waals surface area contributed by atoms with Crippen LogP contribution in [0.2, 0.25) is 5.02 Å². The third-order valence-electron chi connectivity index (χ3n) is 4.02. The lowest BCUT2D eigenvalue weighted by molar-refractivity contribution is 0.0945. The zero-order chi connectivity index (χ0) is 19.2. The van der Waals surface area contributed by atoms with Gasteiger partial charge in [0.15, 0.2) is 0 Å². The minimum absolute atomic E-state index is 0.191. The van der Waals surface area contributed by atoms with Gasteiger partial charge in [-0.15, -0.1) is 0 Å². The van der Waals surface area contributed by atoms with Gasteiger partial charge >= 0.3 is 0 Å². The molecule has 1 heterocycles. The molecule has 0 radical (unpaired) electrons. The Morgan fingerprint density at radius 2 is 1.59 bits per heavy atom. The summed E-state index contributed by atoms with van der Waals surface area (Å²) < 4.78 is 0. The van der Waals surface area contributed by atoms with Crippen LogP contribution in [0.15, 0.2) is 72.8 Å². The number of hydrogen-bond acceptors (Lipinski definition) is 3. The van der Waals surface area contributed by atoms with Crippen LogP contribution < -0.4 is 10.2 Å². The molecule has 0 bridgehead atoms. The van der Waals surface area contributed by atoms with E-state index in [9.17, 15) is 9.59 Å². The van der Waals surface area contributed by atoms with E-state index in [1.54, 1.807) is 37.4 Å². The van der Waals surface area contributed by atoms with E-state index in [0.29, 0.717) is 11.6 Å². The number of aromatic nitrogens is 1. The van der Waals surface area contributed by atoms with E-state index in [-0.39, 0.29) is 23.2 Å². The Bertz CT molecular complexity index is 943. The minimum atomic E-state index is -0.345. The summed E-state index contributed by atoms with van der Waals surface area (Å²) in [4.78, 5) is 30.7. The van der Waals surface area contributed by atoms with E-state index in [4.69, 9.17) is 11.6 Å². The van der Waals surface area contributed by atoms with Crippen LogP contribution in [0.3, 0.4) is 0 Å². The number of rotatable bonds is 5. The van der Waals surface area contributed by atoms with Crippen LogP contribution in [-0.2, 0) is 6.54 Å². The number of anilines is 1. The molecule has 1 aromatic heterocycles. The van der Waals surface area contributed by atoms with Gasteiger partial charge in [0.2, 0.25) is 0 Å². The van der Waals surface area contributed by atoms with Gasteiger partial charge < -0.3 is 10.2 Å². The summed E-state index contributed by atoms with van der Waals surface area (Å²) in [5.41, 5.74) is 2.07. The van der Waals surface area contributed by atoms with Crippen molar-refractivity contribution in [1.82, 2.24) is 10.3 Å². The summed E-state index contributed by atoms with van der Waals surface area (Å²) in [6.45, 7) is 0.347. The highest BCUT2D eigenvalue weighted by atomic mass is 35.5. The zero-order valence-electron chi connectivity index (χ0n) is 14.7. The van der Waals surface area contributed by atoms with Crippen molar-refractivity contribution in [2.45, 2.75) is 6.54 Å². The molecule has 3 aromatic rings. The molecule has 0 saturated carbocycles. The molecular weight excluding hydrogens is 362 g/mol. The van der Waals surface area contributed by atoms with Gasteiger partial charge in [-0.25, -0.2) is 4.98 Å².